The Morgan fingerprint density at radius 3 is 2.86 bits per heavy atom. The van der Waals surface area contributed by atoms with Crippen molar-refractivity contribution in [3.63, 3.8) is 0 Å². The first-order valence-electron chi connectivity index (χ1n) is 7.60. The van der Waals surface area contributed by atoms with Crippen LogP contribution in [0, 0.1) is 5.92 Å². The third-order valence-electron chi connectivity index (χ3n) is 4.20. The van der Waals surface area contributed by atoms with E-state index in [0.717, 1.165) is 42.4 Å². The van der Waals surface area contributed by atoms with Crippen molar-refractivity contribution >= 4 is 16.8 Å². The van der Waals surface area contributed by atoms with Gasteiger partial charge in [-0.1, -0.05) is 12.1 Å². The maximum atomic E-state index is 12.5. The first-order valence-corrected chi connectivity index (χ1v) is 7.60. The molecule has 2 N–H and O–H groups in total. The SMILES string of the molecule is NCC(Cc1ccc2ncccc2c1)C(=O)N1CCCC1. The molecule has 1 amide bonds. The highest BCUT2D eigenvalue weighted by atomic mass is 16.2. The van der Waals surface area contributed by atoms with Gasteiger partial charge in [0, 0.05) is 31.2 Å². The van der Waals surface area contributed by atoms with E-state index in [4.69, 9.17) is 5.73 Å². The van der Waals surface area contributed by atoms with Crippen LogP contribution < -0.4 is 5.73 Å². The molecule has 1 atom stereocenters. The van der Waals surface area contributed by atoms with Gasteiger partial charge in [-0.25, -0.2) is 0 Å². The summed E-state index contributed by atoms with van der Waals surface area (Å²) >= 11 is 0. The summed E-state index contributed by atoms with van der Waals surface area (Å²) in [6, 6.07) is 10.2. The molecular weight excluding hydrogens is 262 g/mol. The molecule has 21 heavy (non-hydrogen) atoms. The van der Waals surface area contributed by atoms with Gasteiger partial charge < -0.3 is 10.6 Å². The van der Waals surface area contributed by atoms with E-state index < -0.39 is 0 Å². The molecule has 0 bridgehead atoms. The monoisotopic (exact) mass is 283 g/mol. The fourth-order valence-corrected chi connectivity index (χ4v) is 3.00. The van der Waals surface area contributed by atoms with Gasteiger partial charge in [-0.15, -0.1) is 0 Å². The number of carbonyl (C=O) groups is 1. The molecule has 0 saturated carbocycles. The van der Waals surface area contributed by atoms with Crippen LogP contribution in [0.4, 0.5) is 0 Å². The summed E-state index contributed by atoms with van der Waals surface area (Å²) in [5.74, 6) is 0.0958. The minimum Gasteiger partial charge on any atom is -0.342 e. The van der Waals surface area contributed by atoms with Gasteiger partial charge in [0.05, 0.1) is 11.4 Å². The summed E-state index contributed by atoms with van der Waals surface area (Å²) in [6.45, 7) is 2.17. The fraction of sp³-hybridized carbons (Fsp3) is 0.412. The van der Waals surface area contributed by atoms with Gasteiger partial charge in [-0.3, -0.25) is 9.78 Å². The zero-order valence-electron chi connectivity index (χ0n) is 12.2. The molecule has 1 unspecified atom stereocenters. The average molecular weight is 283 g/mol. The smallest absolute Gasteiger partial charge is 0.227 e. The van der Waals surface area contributed by atoms with E-state index in [9.17, 15) is 4.79 Å². The van der Waals surface area contributed by atoms with Crippen molar-refractivity contribution < 1.29 is 4.79 Å². The van der Waals surface area contributed by atoms with Crippen LogP contribution in [0.1, 0.15) is 18.4 Å². The van der Waals surface area contributed by atoms with Gasteiger partial charge in [0.1, 0.15) is 0 Å². The highest BCUT2D eigenvalue weighted by molar-refractivity contribution is 5.81. The van der Waals surface area contributed by atoms with E-state index in [1.807, 2.05) is 23.1 Å². The molecule has 4 nitrogen and oxygen atoms in total. The normalized spacial score (nSPS) is 16.3. The summed E-state index contributed by atoms with van der Waals surface area (Å²) < 4.78 is 0. The lowest BCUT2D eigenvalue weighted by Crippen LogP contribution is -2.38. The number of fused-ring (bicyclic) bond motifs is 1. The summed E-state index contributed by atoms with van der Waals surface area (Å²) in [6.07, 6.45) is 4.73. The second kappa shape index (κ2) is 6.22. The first kappa shape index (κ1) is 14.0. The van der Waals surface area contributed by atoms with Gasteiger partial charge >= 0.3 is 0 Å². The zero-order valence-corrected chi connectivity index (χ0v) is 12.2. The van der Waals surface area contributed by atoms with Crippen molar-refractivity contribution in [3.05, 3.63) is 42.1 Å². The van der Waals surface area contributed by atoms with Crippen LogP contribution in [0.5, 0.6) is 0 Å². The van der Waals surface area contributed by atoms with Crippen LogP contribution >= 0.6 is 0 Å². The van der Waals surface area contributed by atoms with Crippen LogP contribution in [0.2, 0.25) is 0 Å². The molecule has 3 rings (SSSR count). The summed E-state index contributed by atoms with van der Waals surface area (Å²) in [5, 5.41) is 1.11. The number of pyridine rings is 1. The summed E-state index contributed by atoms with van der Waals surface area (Å²) in [7, 11) is 0. The number of hydrogen-bond acceptors (Lipinski definition) is 3. The van der Waals surface area contributed by atoms with Crippen LogP contribution in [0.15, 0.2) is 36.5 Å². The van der Waals surface area contributed by atoms with E-state index in [-0.39, 0.29) is 11.8 Å². The molecule has 2 heterocycles. The fourth-order valence-electron chi connectivity index (χ4n) is 3.00. The molecule has 1 aromatic carbocycles. The molecule has 110 valence electrons. The summed E-state index contributed by atoms with van der Waals surface area (Å²) in [4.78, 5) is 18.8. The molecule has 1 aliphatic heterocycles. The van der Waals surface area contributed by atoms with E-state index in [1.54, 1.807) is 6.20 Å². The Balaban J connectivity index is 1.76. The molecule has 0 radical (unpaired) electrons. The van der Waals surface area contributed by atoms with Crippen LogP contribution in [0.3, 0.4) is 0 Å². The standard InChI is InChI=1S/C17H21N3O/c18-12-15(17(21)20-8-1-2-9-20)11-13-5-6-16-14(10-13)4-3-7-19-16/h3-7,10,15H,1-2,8-9,11-12,18H2. The molecule has 1 aliphatic rings. The molecule has 4 heteroatoms. The van der Waals surface area contributed by atoms with E-state index in [1.165, 1.54) is 0 Å². The van der Waals surface area contributed by atoms with E-state index in [0.29, 0.717) is 13.0 Å². The van der Waals surface area contributed by atoms with Crippen molar-refractivity contribution in [1.29, 1.82) is 0 Å². The average Bonchev–Trinajstić information content (AvgIpc) is 3.06. The Kier molecular flexibility index (Phi) is 4.15. The number of nitrogens with two attached hydrogens (primary N) is 1. The second-order valence-electron chi connectivity index (χ2n) is 5.70. The van der Waals surface area contributed by atoms with E-state index in [2.05, 4.69) is 17.1 Å². The molecular formula is C17H21N3O. The predicted molar refractivity (Wildman–Crippen MR) is 83.8 cm³/mol. The van der Waals surface area contributed by atoms with Crippen molar-refractivity contribution in [2.24, 2.45) is 11.7 Å². The Morgan fingerprint density at radius 2 is 2.10 bits per heavy atom. The number of hydrogen-bond donors (Lipinski definition) is 1. The number of amides is 1. The highest BCUT2D eigenvalue weighted by Crippen LogP contribution is 2.19. The lowest BCUT2D eigenvalue weighted by molar-refractivity contribution is -0.134. The quantitative estimate of drug-likeness (QED) is 0.933. The zero-order chi connectivity index (χ0) is 14.7. The Morgan fingerprint density at radius 1 is 1.29 bits per heavy atom. The number of carbonyl (C=O) groups excluding carboxylic acids is 1. The van der Waals surface area contributed by atoms with E-state index >= 15 is 0 Å². The van der Waals surface area contributed by atoms with Crippen LogP contribution in [-0.4, -0.2) is 35.4 Å². The second-order valence-corrected chi connectivity index (χ2v) is 5.70. The number of nitrogens with zero attached hydrogens (tertiary/aromatic N) is 2. The number of aromatic nitrogens is 1. The summed E-state index contributed by atoms with van der Waals surface area (Å²) in [5.41, 5.74) is 7.98. The lowest BCUT2D eigenvalue weighted by Gasteiger charge is -2.22. The maximum Gasteiger partial charge on any atom is 0.227 e. The Hall–Kier alpha value is -1.94. The minimum absolute atomic E-state index is 0.114. The van der Waals surface area contributed by atoms with Crippen molar-refractivity contribution in [3.8, 4) is 0 Å². The number of likely N-dealkylation sites (tertiary alicyclic amines) is 1. The van der Waals surface area contributed by atoms with Crippen molar-refractivity contribution in [2.75, 3.05) is 19.6 Å². The largest absolute Gasteiger partial charge is 0.342 e. The first-order chi connectivity index (χ1) is 10.3. The Labute approximate surface area is 125 Å². The highest BCUT2D eigenvalue weighted by Gasteiger charge is 2.25. The third kappa shape index (κ3) is 3.05. The van der Waals surface area contributed by atoms with Gasteiger partial charge in [0.2, 0.25) is 5.91 Å². The van der Waals surface area contributed by atoms with Gasteiger partial charge in [0.15, 0.2) is 0 Å². The van der Waals surface area contributed by atoms with Crippen molar-refractivity contribution in [2.45, 2.75) is 19.3 Å². The molecule has 2 aromatic rings. The van der Waals surface area contributed by atoms with Crippen LogP contribution in [0.25, 0.3) is 10.9 Å². The topological polar surface area (TPSA) is 59.2 Å². The maximum absolute atomic E-state index is 12.5. The molecule has 1 saturated heterocycles. The van der Waals surface area contributed by atoms with Crippen LogP contribution in [-0.2, 0) is 11.2 Å². The third-order valence-corrected chi connectivity index (χ3v) is 4.20. The van der Waals surface area contributed by atoms with Gasteiger partial charge in [-0.05, 0) is 43.0 Å². The number of rotatable bonds is 4. The minimum atomic E-state index is -0.114. The Bertz CT molecular complexity index is 635. The number of benzene rings is 1. The predicted octanol–water partition coefficient (Wildman–Crippen LogP) is 1.97. The lowest BCUT2D eigenvalue weighted by atomic mass is 9.97. The van der Waals surface area contributed by atoms with Gasteiger partial charge in [0.25, 0.3) is 0 Å². The molecule has 0 aliphatic carbocycles. The molecule has 1 fully saturated rings. The molecule has 1 aromatic heterocycles. The van der Waals surface area contributed by atoms with Gasteiger partial charge in [-0.2, -0.15) is 0 Å². The molecule has 0 spiro atoms. The van der Waals surface area contributed by atoms with Crippen molar-refractivity contribution in [1.82, 2.24) is 9.88 Å².